The van der Waals surface area contributed by atoms with Gasteiger partial charge in [0.15, 0.2) is 12.5 Å². The maximum atomic E-state index is 11.8. The van der Waals surface area contributed by atoms with Crippen LogP contribution in [-0.2, 0) is 28.6 Å². The molecule has 9 heteroatoms. The van der Waals surface area contributed by atoms with Crippen LogP contribution in [0.2, 0.25) is 0 Å². The molecule has 3 N–H and O–H groups in total. The summed E-state index contributed by atoms with van der Waals surface area (Å²) < 4.78 is 15.2. The Hall–Kier alpha value is -2.23. The van der Waals surface area contributed by atoms with Gasteiger partial charge < -0.3 is 29.7 Å². The Bertz CT molecular complexity index is 578. The minimum absolute atomic E-state index is 0.182. The summed E-state index contributed by atoms with van der Waals surface area (Å²) in [7, 11) is 0. The number of aldehydes is 1. The van der Waals surface area contributed by atoms with Crippen molar-refractivity contribution in [1.82, 2.24) is 5.32 Å². The number of hydrogen-bond donors (Lipinski definition) is 3. The zero-order valence-corrected chi connectivity index (χ0v) is 15.2. The van der Waals surface area contributed by atoms with E-state index in [4.69, 9.17) is 14.2 Å². The summed E-state index contributed by atoms with van der Waals surface area (Å²) in [5.41, 5.74) is -0.908. The van der Waals surface area contributed by atoms with Crippen LogP contribution < -0.4 is 5.32 Å². The van der Waals surface area contributed by atoms with E-state index in [2.05, 4.69) is 5.32 Å². The highest BCUT2D eigenvalue weighted by Gasteiger charge is 2.42. The van der Waals surface area contributed by atoms with Crippen LogP contribution in [0.3, 0.4) is 0 Å². The fraction of sp³-hybridized carbons (Fsp3) is 0.588. The van der Waals surface area contributed by atoms with Crippen LogP contribution in [0.15, 0.2) is 23.9 Å². The number of rotatable bonds is 7. The van der Waals surface area contributed by atoms with E-state index in [9.17, 15) is 24.6 Å². The molecule has 1 rings (SSSR count). The molecule has 4 atom stereocenters. The molecule has 1 saturated heterocycles. The van der Waals surface area contributed by atoms with Crippen molar-refractivity contribution in [1.29, 1.82) is 0 Å². The third-order valence-electron chi connectivity index (χ3n) is 3.21. The lowest BCUT2D eigenvalue weighted by Gasteiger charge is -2.19. The lowest BCUT2D eigenvalue weighted by molar-refractivity contribution is -0.150. The van der Waals surface area contributed by atoms with Crippen molar-refractivity contribution in [2.75, 3.05) is 6.61 Å². The van der Waals surface area contributed by atoms with Crippen molar-refractivity contribution >= 4 is 18.2 Å². The van der Waals surface area contributed by atoms with Crippen LogP contribution in [0, 0.1) is 0 Å². The van der Waals surface area contributed by atoms with E-state index in [1.807, 2.05) is 0 Å². The van der Waals surface area contributed by atoms with Gasteiger partial charge in [0.1, 0.15) is 30.5 Å². The predicted octanol–water partition coefficient (Wildman–Crippen LogP) is -0.433. The van der Waals surface area contributed by atoms with Crippen molar-refractivity contribution in [2.45, 2.75) is 57.8 Å². The van der Waals surface area contributed by atoms with Gasteiger partial charge in [-0.3, -0.25) is 9.59 Å². The molecule has 0 aromatic rings. The summed E-state index contributed by atoms with van der Waals surface area (Å²) in [4.78, 5) is 33.6. The van der Waals surface area contributed by atoms with Gasteiger partial charge in [-0.2, -0.15) is 0 Å². The molecule has 146 valence electrons. The second kappa shape index (κ2) is 9.46. The molecule has 9 nitrogen and oxygen atoms in total. The number of hydrogen-bond acceptors (Lipinski definition) is 9. The van der Waals surface area contributed by atoms with Crippen LogP contribution >= 0.6 is 0 Å². The maximum Gasteiger partial charge on any atom is 0.341 e. The zero-order chi connectivity index (χ0) is 19.9. The Balaban J connectivity index is 2.60. The van der Waals surface area contributed by atoms with Crippen molar-refractivity contribution < 1.29 is 38.8 Å². The Labute approximate surface area is 151 Å². The van der Waals surface area contributed by atoms with Crippen molar-refractivity contribution in [2.24, 2.45) is 0 Å². The van der Waals surface area contributed by atoms with Gasteiger partial charge in [-0.1, -0.05) is 0 Å². The molecule has 1 fully saturated rings. The number of nitrogens with one attached hydrogen (secondary N) is 1. The normalized spacial score (nSPS) is 26.6. The van der Waals surface area contributed by atoms with Crippen molar-refractivity contribution in [3.05, 3.63) is 23.9 Å². The van der Waals surface area contributed by atoms with Crippen LogP contribution in [-0.4, -0.2) is 65.2 Å². The summed E-state index contributed by atoms with van der Waals surface area (Å²) in [5.74, 6) is -1.29. The highest BCUT2D eigenvalue weighted by atomic mass is 16.6. The molecule has 0 aliphatic carbocycles. The molecular formula is C17H25NO8. The van der Waals surface area contributed by atoms with E-state index in [0.29, 0.717) is 6.29 Å². The molecule has 0 bridgehead atoms. The second-order valence-corrected chi connectivity index (χ2v) is 6.65. The van der Waals surface area contributed by atoms with E-state index in [1.54, 1.807) is 20.8 Å². The summed E-state index contributed by atoms with van der Waals surface area (Å²) in [6, 6.07) is 0. The topological polar surface area (TPSA) is 131 Å². The molecule has 0 aromatic carbocycles. The molecule has 0 spiro atoms. The quantitative estimate of drug-likeness (QED) is 0.136. The number of aliphatic hydroxyl groups excluding tert-OH is 2. The Morgan fingerprint density at radius 1 is 1.23 bits per heavy atom. The first-order valence-corrected chi connectivity index (χ1v) is 8.01. The first kappa shape index (κ1) is 21.8. The Morgan fingerprint density at radius 2 is 1.88 bits per heavy atom. The number of carbonyl (C=O) groups is 3. The molecule has 26 heavy (non-hydrogen) atoms. The largest absolute Gasteiger partial charge is 0.463 e. The average molecular weight is 371 g/mol. The van der Waals surface area contributed by atoms with Gasteiger partial charge in [-0.25, -0.2) is 4.79 Å². The van der Waals surface area contributed by atoms with Crippen LogP contribution in [0.1, 0.15) is 27.7 Å². The lowest BCUT2D eigenvalue weighted by Crippen LogP contribution is -2.38. The van der Waals surface area contributed by atoms with E-state index in [0.717, 1.165) is 0 Å². The third-order valence-corrected chi connectivity index (χ3v) is 3.21. The van der Waals surface area contributed by atoms with Gasteiger partial charge in [0.05, 0.1) is 5.57 Å². The molecular weight excluding hydrogens is 346 g/mol. The summed E-state index contributed by atoms with van der Waals surface area (Å²) in [6.45, 7) is 6.07. The first-order valence-electron chi connectivity index (χ1n) is 8.01. The van der Waals surface area contributed by atoms with Crippen LogP contribution in [0.25, 0.3) is 0 Å². The number of carbonyl (C=O) groups excluding carboxylic acids is 3. The molecule has 1 heterocycles. The maximum absolute atomic E-state index is 11.8. The van der Waals surface area contributed by atoms with Gasteiger partial charge >= 0.3 is 11.9 Å². The van der Waals surface area contributed by atoms with Crippen molar-refractivity contribution in [3.63, 3.8) is 0 Å². The molecule has 1 aliphatic heterocycles. The molecule has 0 unspecified atom stereocenters. The Morgan fingerprint density at radius 3 is 2.42 bits per heavy atom. The smallest absolute Gasteiger partial charge is 0.341 e. The van der Waals surface area contributed by atoms with Crippen molar-refractivity contribution in [3.8, 4) is 0 Å². The average Bonchev–Trinajstić information content (AvgIpc) is 2.79. The van der Waals surface area contributed by atoms with Gasteiger partial charge in [-0.05, 0) is 39.1 Å². The zero-order valence-electron chi connectivity index (χ0n) is 15.2. The van der Waals surface area contributed by atoms with Gasteiger partial charge in [-0.15, -0.1) is 0 Å². The standard InChI is InChI=1S/C17H25NO8/c1-10(20)24-9-12-13(21)14(22)15(25-12)18-7-5-6-11(8-19)16(23)26-17(2,3)4/h5-8,12-15,18,21-22H,9H2,1-4H3/b7-5-,11-6+/t12-,13-,14-,15-/m1/s1. The SMILES string of the molecule is CC(=O)OC[C@H]1O[C@@H](N/C=C\C=C(/C=O)C(=O)OC(C)(C)C)[C@H](O)[C@@H]1O. The van der Waals surface area contributed by atoms with Crippen LogP contribution in [0.4, 0.5) is 0 Å². The van der Waals surface area contributed by atoms with Gasteiger partial charge in [0.2, 0.25) is 0 Å². The van der Waals surface area contributed by atoms with E-state index < -0.39 is 42.1 Å². The summed E-state index contributed by atoms with van der Waals surface area (Å²) in [6.07, 6.45) is 0.00113. The minimum atomic E-state index is -1.25. The summed E-state index contributed by atoms with van der Waals surface area (Å²) >= 11 is 0. The minimum Gasteiger partial charge on any atom is -0.463 e. The third kappa shape index (κ3) is 6.95. The highest BCUT2D eigenvalue weighted by Crippen LogP contribution is 2.20. The fourth-order valence-electron chi connectivity index (χ4n) is 2.02. The predicted molar refractivity (Wildman–Crippen MR) is 89.6 cm³/mol. The number of esters is 2. The number of allylic oxidation sites excluding steroid dienone is 2. The van der Waals surface area contributed by atoms with Gasteiger partial charge in [0, 0.05) is 6.92 Å². The van der Waals surface area contributed by atoms with Crippen LogP contribution in [0.5, 0.6) is 0 Å². The summed E-state index contributed by atoms with van der Waals surface area (Å²) in [5, 5.41) is 22.4. The Kier molecular flexibility index (Phi) is 7.94. The van der Waals surface area contributed by atoms with E-state index in [-0.39, 0.29) is 12.2 Å². The number of aliphatic hydroxyl groups is 2. The molecule has 0 amide bonds. The fourth-order valence-corrected chi connectivity index (χ4v) is 2.02. The molecule has 0 radical (unpaired) electrons. The highest BCUT2D eigenvalue weighted by molar-refractivity contribution is 6.07. The molecule has 0 aromatic heterocycles. The monoisotopic (exact) mass is 371 g/mol. The second-order valence-electron chi connectivity index (χ2n) is 6.65. The van der Waals surface area contributed by atoms with E-state index in [1.165, 1.54) is 25.3 Å². The first-order chi connectivity index (χ1) is 12.0. The number of ether oxygens (including phenoxy) is 3. The molecule has 1 aliphatic rings. The van der Waals surface area contributed by atoms with E-state index >= 15 is 0 Å². The molecule has 0 saturated carbocycles. The van der Waals surface area contributed by atoms with Gasteiger partial charge in [0.25, 0.3) is 0 Å². The lowest BCUT2D eigenvalue weighted by atomic mass is 10.1.